The molecule has 0 spiro atoms. The molecule has 0 aromatic heterocycles. The standard InChI is InChI=1S/C20H35BO4/c1-3-4-5-6-7-8-9-10-11-12-17-24-21(22)25-18-19-13-15-20(23-2)16-14-19/h13-16,22H,3-12,17-18H2,1-2H3. The van der Waals surface area contributed by atoms with Gasteiger partial charge in [0.25, 0.3) is 0 Å². The summed E-state index contributed by atoms with van der Waals surface area (Å²) in [5.74, 6) is 0.807. The summed E-state index contributed by atoms with van der Waals surface area (Å²) in [6.45, 7) is 3.12. The summed E-state index contributed by atoms with van der Waals surface area (Å²) in [5.41, 5.74) is 0.974. The monoisotopic (exact) mass is 350 g/mol. The Morgan fingerprint density at radius 1 is 0.800 bits per heavy atom. The van der Waals surface area contributed by atoms with Crippen LogP contribution in [0.3, 0.4) is 0 Å². The average molecular weight is 350 g/mol. The van der Waals surface area contributed by atoms with E-state index in [0.717, 1.165) is 24.2 Å². The van der Waals surface area contributed by atoms with Crippen LogP contribution in [0.25, 0.3) is 0 Å². The Morgan fingerprint density at radius 3 is 1.92 bits per heavy atom. The van der Waals surface area contributed by atoms with E-state index in [1.165, 1.54) is 51.4 Å². The predicted octanol–water partition coefficient (Wildman–Crippen LogP) is 5.13. The zero-order valence-corrected chi connectivity index (χ0v) is 16.0. The third-order valence-corrected chi connectivity index (χ3v) is 4.31. The third-order valence-electron chi connectivity index (χ3n) is 4.31. The molecule has 0 bridgehead atoms. The second-order valence-electron chi connectivity index (χ2n) is 6.52. The van der Waals surface area contributed by atoms with Gasteiger partial charge in [-0.15, -0.1) is 0 Å². The molecule has 4 nitrogen and oxygen atoms in total. The molecule has 0 radical (unpaired) electrons. The van der Waals surface area contributed by atoms with Crippen LogP contribution in [0.1, 0.15) is 76.7 Å². The number of methoxy groups -OCH3 is 1. The highest BCUT2D eigenvalue weighted by atomic mass is 16.7. The fraction of sp³-hybridized carbons (Fsp3) is 0.700. The maximum Gasteiger partial charge on any atom is 0.636 e. The van der Waals surface area contributed by atoms with Crippen molar-refractivity contribution in [3.63, 3.8) is 0 Å². The molecule has 0 amide bonds. The van der Waals surface area contributed by atoms with Crippen LogP contribution in [0.15, 0.2) is 24.3 Å². The van der Waals surface area contributed by atoms with Crippen LogP contribution in [0.4, 0.5) is 0 Å². The number of hydrogen-bond acceptors (Lipinski definition) is 4. The number of rotatable bonds is 16. The van der Waals surface area contributed by atoms with Crippen molar-refractivity contribution in [1.82, 2.24) is 0 Å². The molecule has 0 aliphatic rings. The fourth-order valence-corrected chi connectivity index (χ4v) is 2.71. The van der Waals surface area contributed by atoms with Crippen molar-refractivity contribution in [3.8, 4) is 5.75 Å². The molecule has 1 aromatic rings. The van der Waals surface area contributed by atoms with Crippen LogP contribution in [0.5, 0.6) is 5.75 Å². The minimum atomic E-state index is -1.15. The number of hydrogen-bond donors (Lipinski definition) is 1. The Hall–Kier alpha value is -1.04. The van der Waals surface area contributed by atoms with E-state index < -0.39 is 7.32 Å². The minimum Gasteiger partial charge on any atom is -0.497 e. The van der Waals surface area contributed by atoms with Gasteiger partial charge < -0.3 is 19.1 Å². The molecule has 0 heterocycles. The van der Waals surface area contributed by atoms with Crippen LogP contribution in [-0.2, 0) is 15.9 Å². The lowest BCUT2D eigenvalue weighted by atomic mass is 10.1. The summed E-state index contributed by atoms with van der Waals surface area (Å²) in [6.07, 6.45) is 12.9. The van der Waals surface area contributed by atoms with Crippen molar-refractivity contribution < 1.29 is 19.1 Å². The topological polar surface area (TPSA) is 47.9 Å². The van der Waals surface area contributed by atoms with Crippen molar-refractivity contribution in [1.29, 1.82) is 0 Å². The van der Waals surface area contributed by atoms with E-state index in [-0.39, 0.29) is 0 Å². The van der Waals surface area contributed by atoms with Gasteiger partial charge in [0.2, 0.25) is 0 Å². The lowest BCUT2D eigenvalue weighted by molar-refractivity contribution is 0.124. The Kier molecular flexibility index (Phi) is 13.4. The molecule has 25 heavy (non-hydrogen) atoms. The largest absolute Gasteiger partial charge is 0.636 e. The van der Waals surface area contributed by atoms with Gasteiger partial charge in [0, 0.05) is 6.61 Å². The van der Waals surface area contributed by atoms with Gasteiger partial charge in [-0.3, -0.25) is 0 Å². The van der Waals surface area contributed by atoms with Crippen molar-refractivity contribution in [2.75, 3.05) is 13.7 Å². The Bertz CT molecular complexity index is 411. The molecule has 0 saturated carbocycles. The maximum absolute atomic E-state index is 9.69. The van der Waals surface area contributed by atoms with E-state index in [2.05, 4.69) is 6.92 Å². The first kappa shape index (κ1) is 22.0. The van der Waals surface area contributed by atoms with Gasteiger partial charge in [0.05, 0.1) is 13.7 Å². The Balaban J connectivity index is 1.90. The van der Waals surface area contributed by atoms with Gasteiger partial charge in [0.1, 0.15) is 5.75 Å². The molecule has 0 unspecified atom stereocenters. The van der Waals surface area contributed by atoms with E-state index in [9.17, 15) is 5.02 Å². The van der Waals surface area contributed by atoms with Crippen molar-refractivity contribution in [2.45, 2.75) is 77.7 Å². The van der Waals surface area contributed by atoms with Gasteiger partial charge in [0.15, 0.2) is 0 Å². The van der Waals surface area contributed by atoms with Gasteiger partial charge in [-0.05, 0) is 24.1 Å². The first-order chi connectivity index (χ1) is 12.3. The van der Waals surface area contributed by atoms with Crippen molar-refractivity contribution >= 4 is 7.32 Å². The highest BCUT2D eigenvalue weighted by Crippen LogP contribution is 2.13. The fourth-order valence-electron chi connectivity index (χ4n) is 2.71. The molecule has 0 aliphatic carbocycles. The van der Waals surface area contributed by atoms with Crippen LogP contribution < -0.4 is 4.74 Å². The molecular formula is C20H35BO4. The van der Waals surface area contributed by atoms with Crippen LogP contribution in [0.2, 0.25) is 0 Å². The third kappa shape index (κ3) is 12.0. The van der Waals surface area contributed by atoms with E-state index in [0.29, 0.717) is 13.2 Å². The zero-order chi connectivity index (χ0) is 18.2. The lowest BCUT2D eigenvalue weighted by Gasteiger charge is -2.09. The molecule has 0 aliphatic heterocycles. The zero-order valence-electron chi connectivity index (χ0n) is 16.0. The lowest BCUT2D eigenvalue weighted by Crippen LogP contribution is -2.23. The predicted molar refractivity (Wildman–Crippen MR) is 104 cm³/mol. The first-order valence-corrected chi connectivity index (χ1v) is 9.80. The highest BCUT2D eigenvalue weighted by molar-refractivity contribution is 6.34. The molecule has 1 rings (SSSR count). The number of unbranched alkanes of at least 4 members (excludes halogenated alkanes) is 9. The van der Waals surface area contributed by atoms with Gasteiger partial charge in [-0.2, -0.15) is 0 Å². The molecule has 0 atom stereocenters. The van der Waals surface area contributed by atoms with Gasteiger partial charge >= 0.3 is 7.32 Å². The molecule has 5 heteroatoms. The smallest absolute Gasteiger partial charge is 0.497 e. The molecule has 0 fully saturated rings. The van der Waals surface area contributed by atoms with Gasteiger partial charge in [-0.1, -0.05) is 76.8 Å². The summed E-state index contributed by atoms with van der Waals surface area (Å²) < 4.78 is 15.7. The second kappa shape index (κ2) is 15.2. The van der Waals surface area contributed by atoms with Gasteiger partial charge in [-0.25, -0.2) is 0 Å². The van der Waals surface area contributed by atoms with Crippen LogP contribution in [0, 0.1) is 0 Å². The summed E-state index contributed by atoms with van der Waals surface area (Å²) in [7, 11) is 0.483. The second-order valence-corrected chi connectivity index (χ2v) is 6.52. The normalized spacial score (nSPS) is 10.8. The van der Waals surface area contributed by atoms with E-state index in [1.807, 2.05) is 24.3 Å². The highest BCUT2D eigenvalue weighted by Gasteiger charge is 2.15. The van der Waals surface area contributed by atoms with Crippen molar-refractivity contribution in [3.05, 3.63) is 29.8 Å². The minimum absolute atomic E-state index is 0.323. The van der Waals surface area contributed by atoms with E-state index >= 15 is 0 Å². The summed E-state index contributed by atoms with van der Waals surface area (Å²) in [4.78, 5) is 0. The molecule has 1 N–H and O–H groups in total. The SMILES string of the molecule is CCCCCCCCCCCCOB(O)OCc1ccc(OC)cc1. The van der Waals surface area contributed by atoms with E-state index in [4.69, 9.17) is 14.0 Å². The quantitative estimate of drug-likeness (QED) is 0.332. The maximum atomic E-state index is 9.69. The van der Waals surface area contributed by atoms with Crippen molar-refractivity contribution in [2.24, 2.45) is 0 Å². The molecule has 142 valence electrons. The average Bonchev–Trinajstić information content (AvgIpc) is 2.65. The molecule has 0 saturated heterocycles. The molecular weight excluding hydrogens is 315 g/mol. The summed E-state index contributed by atoms with van der Waals surface area (Å²) in [5, 5.41) is 9.69. The van der Waals surface area contributed by atoms with Crippen LogP contribution >= 0.6 is 0 Å². The summed E-state index contributed by atoms with van der Waals surface area (Å²) in [6, 6.07) is 7.56. The molecule has 1 aromatic carbocycles. The van der Waals surface area contributed by atoms with Crippen LogP contribution in [-0.4, -0.2) is 26.1 Å². The summed E-state index contributed by atoms with van der Waals surface area (Å²) >= 11 is 0. The number of benzene rings is 1. The first-order valence-electron chi connectivity index (χ1n) is 9.80. The number of ether oxygens (including phenoxy) is 1. The Labute approximate surface area is 154 Å². The van der Waals surface area contributed by atoms with E-state index in [1.54, 1.807) is 7.11 Å². The Morgan fingerprint density at radius 2 is 1.36 bits per heavy atom.